The minimum absolute atomic E-state index is 0.0455. The quantitative estimate of drug-likeness (QED) is 0.700. The normalized spacial score (nSPS) is 10.5. The maximum absolute atomic E-state index is 10.3. The maximum atomic E-state index is 10.3. The molecule has 0 aliphatic carbocycles. The van der Waals surface area contributed by atoms with Gasteiger partial charge in [0.25, 0.3) is 0 Å². The average molecular weight is 357 g/mol. The molecule has 0 atom stereocenters. The van der Waals surface area contributed by atoms with Crippen molar-refractivity contribution in [3.63, 3.8) is 0 Å². The Kier molecular flexibility index (Phi) is 4.83. The third kappa shape index (κ3) is 2.97. The first-order chi connectivity index (χ1) is 12.6. The second-order valence-electron chi connectivity index (χ2n) is 5.33. The molecule has 8 nitrogen and oxygen atoms in total. The molecular formula is C18H19N3O5. The Labute approximate surface area is 150 Å². The molecule has 1 heterocycles. The van der Waals surface area contributed by atoms with Crippen molar-refractivity contribution in [3.05, 3.63) is 30.3 Å². The van der Waals surface area contributed by atoms with E-state index in [0.717, 1.165) is 0 Å². The van der Waals surface area contributed by atoms with Crippen molar-refractivity contribution in [2.45, 2.75) is 0 Å². The summed E-state index contributed by atoms with van der Waals surface area (Å²) in [4.78, 5) is 0. The van der Waals surface area contributed by atoms with E-state index >= 15 is 0 Å². The van der Waals surface area contributed by atoms with Gasteiger partial charge in [-0.2, -0.15) is 0 Å². The van der Waals surface area contributed by atoms with Gasteiger partial charge >= 0.3 is 0 Å². The van der Waals surface area contributed by atoms with Crippen molar-refractivity contribution in [1.29, 1.82) is 0 Å². The number of hydrogen-bond acceptors (Lipinski definition) is 7. The van der Waals surface area contributed by atoms with Gasteiger partial charge in [-0.1, -0.05) is 5.21 Å². The van der Waals surface area contributed by atoms with E-state index in [1.807, 2.05) is 0 Å². The van der Waals surface area contributed by atoms with E-state index in [4.69, 9.17) is 18.9 Å². The van der Waals surface area contributed by atoms with E-state index < -0.39 is 0 Å². The molecule has 3 rings (SSSR count). The molecule has 3 aromatic rings. The predicted molar refractivity (Wildman–Crippen MR) is 95.1 cm³/mol. The van der Waals surface area contributed by atoms with Crippen molar-refractivity contribution in [2.24, 2.45) is 0 Å². The second kappa shape index (κ2) is 7.22. The van der Waals surface area contributed by atoms with Crippen LogP contribution in [0, 0.1) is 0 Å². The van der Waals surface area contributed by atoms with E-state index in [-0.39, 0.29) is 5.75 Å². The Morgan fingerprint density at radius 3 is 2.12 bits per heavy atom. The summed E-state index contributed by atoms with van der Waals surface area (Å²) in [6, 6.07) is 8.53. The molecule has 1 aromatic heterocycles. The fourth-order valence-corrected chi connectivity index (χ4v) is 2.69. The number of methoxy groups -OCH3 is 4. The maximum Gasteiger partial charge on any atom is 0.203 e. The fourth-order valence-electron chi connectivity index (χ4n) is 2.69. The molecule has 0 aliphatic rings. The topological polar surface area (TPSA) is 98.7 Å². The van der Waals surface area contributed by atoms with Gasteiger partial charge in [0.2, 0.25) is 5.75 Å². The standard InChI is InChI=1S/C18H19N3O5/c1-23-11-5-6-12(13(22)9-11)17-16(19-21-20-17)10-7-14(24-2)18(26-4)15(8-10)25-3/h5-9,22H,1-4H3,(H,19,20,21). The van der Waals surface area contributed by atoms with Crippen LogP contribution in [0.2, 0.25) is 0 Å². The predicted octanol–water partition coefficient (Wildman–Crippen LogP) is 2.88. The lowest BCUT2D eigenvalue weighted by molar-refractivity contribution is 0.324. The lowest BCUT2D eigenvalue weighted by Crippen LogP contribution is -1.96. The summed E-state index contributed by atoms with van der Waals surface area (Å²) in [5, 5.41) is 21.2. The van der Waals surface area contributed by atoms with Crippen LogP contribution >= 0.6 is 0 Å². The fraction of sp³-hybridized carbons (Fsp3) is 0.222. The van der Waals surface area contributed by atoms with Crippen molar-refractivity contribution in [3.8, 4) is 51.3 Å². The molecule has 0 saturated carbocycles. The van der Waals surface area contributed by atoms with Crippen LogP contribution in [0.15, 0.2) is 30.3 Å². The van der Waals surface area contributed by atoms with E-state index in [0.29, 0.717) is 45.5 Å². The Bertz CT molecular complexity index is 898. The van der Waals surface area contributed by atoms with Crippen LogP contribution in [-0.4, -0.2) is 49.0 Å². The molecule has 0 fully saturated rings. The molecule has 8 heteroatoms. The van der Waals surface area contributed by atoms with Gasteiger partial charge in [-0.15, -0.1) is 5.10 Å². The van der Waals surface area contributed by atoms with E-state index in [2.05, 4.69) is 15.4 Å². The minimum Gasteiger partial charge on any atom is -0.507 e. The third-order valence-electron chi connectivity index (χ3n) is 3.96. The zero-order chi connectivity index (χ0) is 18.7. The van der Waals surface area contributed by atoms with E-state index in [9.17, 15) is 5.11 Å². The Morgan fingerprint density at radius 2 is 1.58 bits per heavy atom. The summed E-state index contributed by atoms with van der Waals surface area (Å²) in [5.74, 6) is 2.07. The highest BCUT2D eigenvalue weighted by atomic mass is 16.5. The van der Waals surface area contributed by atoms with Crippen molar-refractivity contribution < 1.29 is 24.1 Å². The molecule has 0 radical (unpaired) electrons. The Morgan fingerprint density at radius 1 is 0.885 bits per heavy atom. The van der Waals surface area contributed by atoms with Gasteiger partial charge < -0.3 is 24.1 Å². The zero-order valence-corrected chi connectivity index (χ0v) is 14.9. The van der Waals surface area contributed by atoms with Gasteiger partial charge in [-0.05, 0) is 24.3 Å². The van der Waals surface area contributed by atoms with Gasteiger partial charge in [0.1, 0.15) is 17.2 Å². The summed E-state index contributed by atoms with van der Waals surface area (Å²) in [6.45, 7) is 0. The highest BCUT2D eigenvalue weighted by molar-refractivity contribution is 5.82. The smallest absolute Gasteiger partial charge is 0.203 e. The average Bonchev–Trinajstić information content (AvgIpc) is 3.15. The van der Waals surface area contributed by atoms with Crippen LogP contribution in [-0.2, 0) is 0 Å². The summed E-state index contributed by atoms with van der Waals surface area (Å²) < 4.78 is 21.2. The highest BCUT2D eigenvalue weighted by Gasteiger charge is 2.20. The number of nitrogens with one attached hydrogen (secondary N) is 1. The molecule has 2 N–H and O–H groups in total. The molecule has 0 spiro atoms. The number of nitrogens with zero attached hydrogens (tertiary/aromatic N) is 2. The van der Waals surface area contributed by atoms with E-state index in [1.165, 1.54) is 20.3 Å². The number of rotatable bonds is 6. The summed E-state index contributed by atoms with van der Waals surface area (Å²) in [5.41, 5.74) is 2.32. The van der Waals surface area contributed by atoms with Gasteiger partial charge in [0, 0.05) is 17.2 Å². The number of phenols is 1. The minimum atomic E-state index is 0.0455. The van der Waals surface area contributed by atoms with Crippen LogP contribution in [0.1, 0.15) is 0 Å². The van der Waals surface area contributed by atoms with E-state index in [1.54, 1.807) is 38.5 Å². The lowest BCUT2D eigenvalue weighted by Gasteiger charge is -2.14. The molecule has 0 bridgehead atoms. The van der Waals surface area contributed by atoms with Crippen LogP contribution in [0.4, 0.5) is 0 Å². The first-order valence-corrected chi connectivity index (χ1v) is 7.71. The Balaban J connectivity index is 2.15. The van der Waals surface area contributed by atoms with Crippen molar-refractivity contribution >= 4 is 0 Å². The van der Waals surface area contributed by atoms with Gasteiger partial charge in [0.05, 0.1) is 34.1 Å². The first-order valence-electron chi connectivity index (χ1n) is 7.71. The van der Waals surface area contributed by atoms with Gasteiger partial charge in [0.15, 0.2) is 11.5 Å². The number of phenolic OH excluding ortho intramolecular Hbond substituents is 1. The SMILES string of the molecule is COc1ccc(-c2[nH]nnc2-c2cc(OC)c(OC)c(OC)c2)c(O)c1. The van der Waals surface area contributed by atoms with Crippen LogP contribution < -0.4 is 18.9 Å². The van der Waals surface area contributed by atoms with Crippen LogP contribution in [0.25, 0.3) is 22.5 Å². The molecule has 0 amide bonds. The molecule has 26 heavy (non-hydrogen) atoms. The molecular weight excluding hydrogens is 338 g/mol. The second-order valence-corrected chi connectivity index (χ2v) is 5.33. The highest BCUT2D eigenvalue weighted by Crippen LogP contribution is 2.43. The Hall–Kier alpha value is -3.42. The van der Waals surface area contributed by atoms with Crippen molar-refractivity contribution in [2.75, 3.05) is 28.4 Å². The number of aromatic hydroxyl groups is 1. The number of aromatic nitrogens is 3. The van der Waals surface area contributed by atoms with Crippen LogP contribution in [0.3, 0.4) is 0 Å². The molecule has 0 saturated heterocycles. The van der Waals surface area contributed by atoms with Crippen molar-refractivity contribution in [1.82, 2.24) is 15.4 Å². The van der Waals surface area contributed by atoms with Gasteiger partial charge in [-0.25, -0.2) is 0 Å². The summed E-state index contributed by atoms with van der Waals surface area (Å²) >= 11 is 0. The number of H-pyrrole nitrogens is 1. The van der Waals surface area contributed by atoms with Crippen LogP contribution in [0.5, 0.6) is 28.7 Å². The molecule has 136 valence electrons. The third-order valence-corrected chi connectivity index (χ3v) is 3.96. The number of hydrogen-bond donors (Lipinski definition) is 2. The zero-order valence-electron chi connectivity index (χ0n) is 14.9. The monoisotopic (exact) mass is 357 g/mol. The summed E-state index contributed by atoms with van der Waals surface area (Å²) in [6.07, 6.45) is 0. The summed E-state index contributed by atoms with van der Waals surface area (Å²) in [7, 11) is 6.16. The first kappa shape index (κ1) is 17.4. The molecule has 2 aromatic carbocycles. The number of aromatic amines is 1. The number of ether oxygens (including phenoxy) is 4. The molecule has 0 aliphatic heterocycles. The number of benzene rings is 2. The largest absolute Gasteiger partial charge is 0.507 e. The molecule has 0 unspecified atom stereocenters. The van der Waals surface area contributed by atoms with Gasteiger partial charge in [-0.3, -0.25) is 5.10 Å². The lowest BCUT2D eigenvalue weighted by atomic mass is 10.0.